The molecule has 1 saturated heterocycles. The number of hydrogen-bond donors (Lipinski definition) is 1. The first-order valence-corrected chi connectivity index (χ1v) is 4.82. The lowest BCUT2D eigenvalue weighted by atomic mass is 9.82. The number of ether oxygens (including phenoxy) is 1. The fraction of sp³-hybridized carbons (Fsp3) is 0.900. The molecule has 13 heavy (non-hydrogen) atoms. The average molecular weight is 186 g/mol. The Balaban J connectivity index is 2.69. The molecule has 0 aromatic carbocycles. The van der Waals surface area contributed by atoms with Gasteiger partial charge in [0.15, 0.2) is 0 Å². The number of carboxylic acids is 1. The summed E-state index contributed by atoms with van der Waals surface area (Å²) in [5, 5.41) is 8.98. The highest BCUT2D eigenvalue weighted by molar-refractivity contribution is 5.71. The Kier molecular flexibility index (Phi) is 2.96. The smallest absolute Gasteiger partial charge is 0.309 e. The Labute approximate surface area is 79.1 Å². The molecule has 0 bridgehead atoms. The number of aliphatic carboxylic acids is 1. The standard InChI is InChI=1S/C10H18O3/c1-7(2)6-10(3)8(9(11)12)4-5-13-10/h7-8H,4-6H2,1-3H3,(H,11,12). The van der Waals surface area contributed by atoms with Crippen molar-refractivity contribution in [1.82, 2.24) is 0 Å². The highest BCUT2D eigenvalue weighted by atomic mass is 16.5. The van der Waals surface area contributed by atoms with Crippen LogP contribution in [0, 0.1) is 11.8 Å². The minimum atomic E-state index is -0.722. The molecule has 3 nitrogen and oxygen atoms in total. The van der Waals surface area contributed by atoms with Gasteiger partial charge < -0.3 is 9.84 Å². The average Bonchev–Trinajstić information content (AvgIpc) is 2.28. The van der Waals surface area contributed by atoms with Crippen molar-refractivity contribution in [3.8, 4) is 0 Å². The van der Waals surface area contributed by atoms with Crippen molar-refractivity contribution in [3.05, 3.63) is 0 Å². The van der Waals surface area contributed by atoms with E-state index >= 15 is 0 Å². The zero-order valence-corrected chi connectivity index (χ0v) is 8.54. The van der Waals surface area contributed by atoms with Crippen LogP contribution in [0.15, 0.2) is 0 Å². The third-order valence-corrected chi connectivity index (χ3v) is 2.69. The molecule has 0 aromatic heterocycles. The van der Waals surface area contributed by atoms with Crippen molar-refractivity contribution in [2.24, 2.45) is 11.8 Å². The van der Waals surface area contributed by atoms with Crippen molar-refractivity contribution in [1.29, 1.82) is 0 Å². The maximum atomic E-state index is 10.9. The minimum absolute atomic E-state index is 0.324. The number of carbonyl (C=O) groups is 1. The van der Waals surface area contributed by atoms with Crippen LogP contribution < -0.4 is 0 Å². The molecule has 0 radical (unpaired) electrons. The van der Waals surface area contributed by atoms with Crippen LogP contribution in [0.3, 0.4) is 0 Å². The summed E-state index contributed by atoms with van der Waals surface area (Å²) in [6.45, 7) is 6.68. The molecule has 1 aliphatic heterocycles. The van der Waals surface area contributed by atoms with Crippen molar-refractivity contribution >= 4 is 5.97 Å². The second kappa shape index (κ2) is 3.66. The van der Waals surface area contributed by atoms with Crippen molar-refractivity contribution < 1.29 is 14.6 Å². The van der Waals surface area contributed by atoms with Gasteiger partial charge in [-0.15, -0.1) is 0 Å². The van der Waals surface area contributed by atoms with Gasteiger partial charge in [-0.25, -0.2) is 0 Å². The van der Waals surface area contributed by atoms with Gasteiger partial charge in [0.25, 0.3) is 0 Å². The lowest BCUT2D eigenvalue weighted by Crippen LogP contribution is -2.37. The third kappa shape index (κ3) is 2.21. The zero-order chi connectivity index (χ0) is 10.1. The summed E-state index contributed by atoms with van der Waals surface area (Å²) in [6.07, 6.45) is 1.47. The van der Waals surface area contributed by atoms with E-state index in [9.17, 15) is 4.79 Å². The van der Waals surface area contributed by atoms with E-state index in [1.165, 1.54) is 0 Å². The number of hydrogen-bond acceptors (Lipinski definition) is 2. The SMILES string of the molecule is CC(C)CC1(C)OCCC1C(=O)O. The van der Waals surface area contributed by atoms with E-state index in [0.29, 0.717) is 18.9 Å². The Hall–Kier alpha value is -0.570. The Bertz CT molecular complexity index is 200. The lowest BCUT2D eigenvalue weighted by Gasteiger charge is -2.29. The van der Waals surface area contributed by atoms with Gasteiger partial charge in [0, 0.05) is 6.61 Å². The second-order valence-electron chi connectivity index (χ2n) is 4.44. The largest absolute Gasteiger partial charge is 0.481 e. The van der Waals surface area contributed by atoms with Crippen molar-refractivity contribution in [2.45, 2.75) is 39.2 Å². The first-order valence-electron chi connectivity index (χ1n) is 4.82. The molecule has 3 heteroatoms. The van der Waals surface area contributed by atoms with Crippen molar-refractivity contribution in [2.75, 3.05) is 6.61 Å². The molecule has 0 aromatic rings. The Morgan fingerprint density at radius 3 is 2.77 bits per heavy atom. The molecular weight excluding hydrogens is 168 g/mol. The van der Waals surface area contributed by atoms with Gasteiger partial charge in [-0.05, 0) is 25.7 Å². The summed E-state index contributed by atoms with van der Waals surface area (Å²) in [6, 6.07) is 0. The fourth-order valence-corrected chi connectivity index (χ4v) is 2.21. The Morgan fingerprint density at radius 2 is 2.31 bits per heavy atom. The first kappa shape index (κ1) is 10.5. The monoisotopic (exact) mass is 186 g/mol. The van der Waals surface area contributed by atoms with Crippen LogP contribution in [-0.4, -0.2) is 23.3 Å². The highest BCUT2D eigenvalue weighted by Crippen LogP contribution is 2.37. The summed E-state index contributed by atoms with van der Waals surface area (Å²) in [4.78, 5) is 10.9. The van der Waals surface area contributed by atoms with E-state index < -0.39 is 11.6 Å². The molecule has 2 unspecified atom stereocenters. The van der Waals surface area contributed by atoms with E-state index in [1.807, 2.05) is 6.92 Å². The molecule has 1 aliphatic rings. The van der Waals surface area contributed by atoms with Crippen LogP contribution in [-0.2, 0) is 9.53 Å². The summed E-state index contributed by atoms with van der Waals surface area (Å²) in [5.41, 5.74) is -0.444. The van der Waals surface area contributed by atoms with Gasteiger partial charge in [-0.3, -0.25) is 4.79 Å². The van der Waals surface area contributed by atoms with Gasteiger partial charge in [-0.2, -0.15) is 0 Å². The van der Waals surface area contributed by atoms with Gasteiger partial charge in [-0.1, -0.05) is 13.8 Å². The summed E-state index contributed by atoms with van der Waals surface area (Å²) in [7, 11) is 0. The normalized spacial score (nSPS) is 34.0. The molecule has 2 atom stereocenters. The van der Waals surface area contributed by atoms with Crippen LogP contribution >= 0.6 is 0 Å². The molecule has 0 spiro atoms. The van der Waals surface area contributed by atoms with Gasteiger partial charge in [0.1, 0.15) is 0 Å². The van der Waals surface area contributed by atoms with Crippen LogP contribution in [0.25, 0.3) is 0 Å². The van der Waals surface area contributed by atoms with E-state index in [4.69, 9.17) is 9.84 Å². The first-order chi connectivity index (χ1) is 5.96. The second-order valence-corrected chi connectivity index (χ2v) is 4.44. The molecule has 1 fully saturated rings. The molecule has 76 valence electrons. The Morgan fingerprint density at radius 1 is 1.69 bits per heavy atom. The topological polar surface area (TPSA) is 46.5 Å². The molecule has 0 aliphatic carbocycles. The van der Waals surface area contributed by atoms with E-state index in [0.717, 1.165) is 6.42 Å². The molecule has 1 rings (SSSR count). The van der Waals surface area contributed by atoms with Gasteiger partial charge in [0.05, 0.1) is 11.5 Å². The maximum Gasteiger partial charge on any atom is 0.309 e. The highest BCUT2D eigenvalue weighted by Gasteiger charge is 2.44. The molecule has 1 N–H and O–H groups in total. The van der Waals surface area contributed by atoms with Crippen LogP contribution in [0.1, 0.15) is 33.6 Å². The predicted molar refractivity (Wildman–Crippen MR) is 49.6 cm³/mol. The van der Waals surface area contributed by atoms with Crippen molar-refractivity contribution in [3.63, 3.8) is 0 Å². The van der Waals surface area contributed by atoms with Crippen LogP contribution in [0.4, 0.5) is 0 Å². The number of carboxylic acid groups (broad SMARTS) is 1. The summed E-state index contributed by atoms with van der Waals surface area (Å²) < 4.78 is 5.54. The minimum Gasteiger partial charge on any atom is -0.481 e. The molecule has 0 saturated carbocycles. The number of rotatable bonds is 3. The molecular formula is C10H18O3. The van der Waals surface area contributed by atoms with E-state index in [2.05, 4.69) is 13.8 Å². The summed E-state index contributed by atoms with van der Waals surface area (Å²) in [5.74, 6) is -0.569. The summed E-state index contributed by atoms with van der Waals surface area (Å²) >= 11 is 0. The van der Waals surface area contributed by atoms with Gasteiger partial charge >= 0.3 is 5.97 Å². The van der Waals surface area contributed by atoms with E-state index in [-0.39, 0.29) is 5.92 Å². The lowest BCUT2D eigenvalue weighted by molar-refractivity contribution is -0.148. The van der Waals surface area contributed by atoms with Crippen LogP contribution in [0.5, 0.6) is 0 Å². The fourth-order valence-electron chi connectivity index (χ4n) is 2.21. The van der Waals surface area contributed by atoms with E-state index in [1.54, 1.807) is 0 Å². The third-order valence-electron chi connectivity index (χ3n) is 2.69. The zero-order valence-electron chi connectivity index (χ0n) is 8.54. The quantitative estimate of drug-likeness (QED) is 0.732. The van der Waals surface area contributed by atoms with Gasteiger partial charge in [0.2, 0.25) is 0 Å². The predicted octanol–water partition coefficient (Wildman–Crippen LogP) is 1.91. The molecule has 0 amide bonds. The maximum absolute atomic E-state index is 10.9. The van der Waals surface area contributed by atoms with Crippen LogP contribution in [0.2, 0.25) is 0 Å². The molecule has 1 heterocycles.